The third-order valence-corrected chi connectivity index (χ3v) is 5.71. The lowest BCUT2D eigenvalue weighted by Crippen LogP contribution is -2.41. The van der Waals surface area contributed by atoms with Gasteiger partial charge >= 0.3 is 0 Å². The lowest BCUT2D eigenvalue weighted by Gasteiger charge is -2.09. The Morgan fingerprint density at radius 3 is 1.97 bits per heavy atom. The van der Waals surface area contributed by atoms with E-state index in [1.165, 1.54) is 6.07 Å². The summed E-state index contributed by atoms with van der Waals surface area (Å²) < 4.78 is 27.3. The Morgan fingerprint density at radius 1 is 0.767 bits per heavy atom. The highest BCUT2D eigenvalue weighted by molar-refractivity contribution is 7.89. The van der Waals surface area contributed by atoms with Crippen molar-refractivity contribution >= 4 is 21.8 Å². The summed E-state index contributed by atoms with van der Waals surface area (Å²) in [6.07, 6.45) is 0. The molecule has 7 nitrogen and oxygen atoms in total. The first-order chi connectivity index (χ1) is 14.3. The van der Waals surface area contributed by atoms with Crippen LogP contribution in [0.15, 0.2) is 83.8 Å². The number of nitrogens with one attached hydrogen (secondary N) is 3. The normalized spacial score (nSPS) is 11.0. The first kappa shape index (κ1) is 21.2. The highest BCUT2D eigenvalue weighted by atomic mass is 32.2. The Labute approximate surface area is 175 Å². The molecule has 0 saturated carbocycles. The summed E-state index contributed by atoms with van der Waals surface area (Å²) in [4.78, 5) is 24.4. The molecule has 3 rings (SSSR count). The molecule has 0 heterocycles. The van der Waals surface area contributed by atoms with Crippen molar-refractivity contribution in [1.82, 2.24) is 15.6 Å². The van der Waals surface area contributed by atoms with Crippen molar-refractivity contribution < 1.29 is 18.0 Å². The van der Waals surface area contributed by atoms with Crippen molar-refractivity contribution in [3.8, 4) is 0 Å². The lowest BCUT2D eigenvalue weighted by molar-refractivity contribution is 0.0846. The fraction of sp³-hybridized carbons (Fsp3) is 0.0909. The quantitative estimate of drug-likeness (QED) is 0.530. The molecule has 0 bridgehead atoms. The molecular formula is C22H21N3O4S. The number of hydrogen-bond donors (Lipinski definition) is 3. The Bertz CT molecular complexity index is 1140. The van der Waals surface area contributed by atoms with Crippen LogP contribution in [0.4, 0.5) is 0 Å². The van der Waals surface area contributed by atoms with Gasteiger partial charge in [0.2, 0.25) is 10.0 Å². The summed E-state index contributed by atoms with van der Waals surface area (Å²) in [5.41, 5.74) is 7.00. The number of rotatable bonds is 6. The zero-order chi connectivity index (χ0) is 21.6. The van der Waals surface area contributed by atoms with E-state index in [0.717, 1.165) is 5.56 Å². The summed E-state index contributed by atoms with van der Waals surface area (Å²) in [5, 5.41) is 0. The van der Waals surface area contributed by atoms with Crippen molar-refractivity contribution in [2.45, 2.75) is 18.4 Å². The predicted octanol–water partition coefficient (Wildman–Crippen LogP) is 2.55. The maximum Gasteiger partial charge on any atom is 0.269 e. The van der Waals surface area contributed by atoms with Gasteiger partial charge in [0.1, 0.15) is 0 Å². The van der Waals surface area contributed by atoms with Gasteiger partial charge < -0.3 is 0 Å². The second kappa shape index (κ2) is 9.34. The van der Waals surface area contributed by atoms with Crippen LogP contribution in [0.1, 0.15) is 31.8 Å². The highest BCUT2D eigenvalue weighted by Gasteiger charge is 2.14. The number of sulfonamides is 1. The summed E-state index contributed by atoms with van der Waals surface area (Å²) in [6, 6.07) is 21.6. The second-order valence-electron chi connectivity index (χ2n) is 6.61. The van der Waals surface area contributed by atoms with E-state index in [-0.39, 0.29) is 11.4 Å². The summed E-state index contributed by atoms with van der Waals surface area (Å²) in [6.45, 7) is 1.91. The molecule has 0 spiro atoms. The first-order valence-electron chi connectivity index (χ1n) is 9.16. The largest absolute Gasteiger partial charge is 0.269 e. The minimum Gasteiger partial charge on any atom is -0.267 e. The molecule has 3 aromatic rings. The van der Waals surface area contributed by atoms with Crippen LogP contribution in [0.5, 0.6) is 0 Å². The van der Waals surface area contributed by atoms with Crippen molar-refractivity contribution in [2.75, 3.05) is 0 Å². The zero-order valence-electron chi connectivity index (χ0n) is 16.3. The standard InChI is InChI=1S/C22H21N3O4S/c1-16-6-5-9-20(14-16)30(28,29)23-15-17-10-12-19(13-11-17)22(27)25-24-21(26)18-7-3-2-4-8-18/h2-14,23H,15H2,1H3,(H,24,26)(H,25,27). The van der Waals surface area contributed by atoms with Gasteiger partial charge in [-0.05, 0) is 54.4 Å². The Hall–Kier alpha value is -3.49. The maximum atomic E-state index is 12.4. The van der Waals surface area contributed by atoms with Crippen LogP contribution in [-0.2, 0) is 16.6 Å². The second-order valence-corrected chi connectivity index (χ2v) is 8.38. The number of aryl methyl sites for hydroxylation is 1. The molecule has 3 aromatic carbocycles. The first-order valence-corrected chi connectivity index (χ1v) is 10.6. The van der Waals surface area contributed by atoms with Gasteiger partial charge in [-0.3, -0.25) is 20.4 Å². The van der Waals surface area contributed by atoms with E-state index in [9.17, 15) is 18.0 Å². The smallest absolute Gasteiger partial charge is 0.267 e. The van der Waals surface area contributed by atoms with Crippen LogP contribution < -0.4 is 15.6 Å². The van der Waals surface area contributed by atoms with Crippen molar-refractivity contribution in [2.24, 2.45) is 0 Å². The van der Waals surface area contributed by atoms with Gasteiger partial charge in [-0.15, -0.1) is 0 Å². The van der Waals surface area contributed by atoms with Crippen molar-refractivity contribution in [3.63, 3.8) is 0 Å². The molecule has 0 aliphatic carbocycles. The van der Waals surface area contributed by atoms with Crippen LogP contribution >= 0.6 is 0 Å². The molecule has 8 heteroatoms. The third kappa shape index (κ3) is 5.53. The maximum absolute atomic E-state index is 12.4. The van der Waals surface area contributed by atoms with Gasteiger partial charge in [0.05, 0.1) is 4.90 Å². The SMILES string of the molecule is Cc1cccc(S(=O)(=O)NCc2ccc(C(=O)NNC(=O)c3ccccc3)cc2)c1. The lowest BCUT2D eigenvalue weighted by atomic mass is 10.1. The Morgan fingerprint density at radius 2 is 1.37 bits per heavy atom. The molecule has 0 aromatic heterocycles. The van der Waals surface area contributed by atoms with Crippen LogP contribution in [0, 0.1) is 6.92 Å². The number of carbonyl (C=O) groups excluding carboxylic acids is 2. The van der Waals surface area contributed by atoms with E-state index in [0.29, 0.717) is 16.7 Å². The Kier molecular flexibility index (Phi) is 6.61. The minimum atomic E-state index is -3.63. The van der Waals surface area contributed by atoms with Crippen molar-refractivity contribution in [1.29, 1.82) is 0 Å². The van der Waals surface area contributed by atoms with Crippen LogP contribution in [0.2, 0.25) is 0 Å². The Balaban J connectivity index is 1.55. The van der Waals surface area contributed by atoms with Gasteiger partial charge in [0.15, 0.2) is 0 Å². The molecule has 30 heavy (non-hydrogen) atoms. The summed E-state index contributed by atoms with van der Waals surface area (Å²) in [5.74, 6) is -0.905. The van der Waals surface area contributed by atoms with Gasteiger partial charge in [-0.2, -0.15) is 0 Å². The van der Waals surface area contributed by atoms with E-state index < -0.39 is 21.8 Å². The number of amides is 2. The van der Waals surface area contributed by atoms with E-state index in [1.54, 1.807) is 66.7 Å². The van der Waals surface area contributed by atoms with Crippen LogP contribution in [0.3, 0.4) is 0 Å². The minimum absolute atomic E-state index is 0.0862. The number of hydrogen-bond acceptors (Lipinski definition) is 4. The number of hydrazine groups is 1. The van der Waals surface area contributed by atoms with E-state index >= 15 is 0 Å². The van der Waals surface area contributed by atoms with E-state index in [4.69, 9.17) is 0 Å². The van der Waals surface area contributed by atoms with E-state index in [2.05, 4.69) is 15.6 Å². The van der Waals surface area contributed by atoms with Crippen molar-refractivity contribution in [3.05, 3.63) is 101 Å². The molecule has 0 aliphatic heterocycles. The molecule has 0 saturated heterocycles. The fourth-order valence-electron chi connectivity index (χ4n) is 2.67. The molecule has 0 radical (unpaired) electrons. The molecule has 0 aliphatic rings. The number of carbonyl (C=O) groups is 2. The third-order valence-electron chi connectivity index (χ3n) is 4.31. The predicted molar refractivity (Wildman–Crippen MR) is 113 cm³/mol. The topological polar surface area (TPSA) is 104 Å². The van der Waals surface area contributed by atoms with Gasteiger partial charge in [0.25, 0.3) is 11.8 Å². The summed E-state index contributed by atoms with van der Waals surface area (Å²) >= 11 is 0. The van der Waals surface area contributed by atoms with Crippen LogP contribution in [-0.4, -0.2) is 20.2 Å². The molecular weight excluding hydrogens is 402 g/mol. The van der Waals surface area contributed by atoms with Crippen LogP contribution in [0.25, 0.3) is 0 Å². The average Bonchev–Trinajstić information content (AvgIpc) is 2.77. The zero-order valence-corrected chi connectivity index (χ0v) is 17.1. The monoisotopic (exact) mass is 423 g/mol. The van der Waals surface area contributed by atoms with E-state index in [1.807, 2.05) is 13.0 Å². The molecule has 0 fully saturated rings. The average molecular weight is 423 g/mol. The van der Waals surface area contributed by atoms with Gasteiger partial charge in [-0.25, -0.2) is 13.1 Å². The summed E-state index contributed by atoms with van der Waals surface area (Å²) in [7, 11) is -3.63. The van der Waals surface area contributed by atoms with Gasteiger partial charge in [-0.1, -0.05) is 42.5 Å². The molecule has 2 amide bonds. The number of benzene rings is 3. The fourth-order valence-corrected chi connectivity index (χ4v) is 3.79. The van der Waals surface area contributed by atoms with Gasteiger partial charge in [0, 0.05) is 17.7 Å². The molecule has 0 unspecified atom stereocenters. The molecule has 3 N–H and O–H groups in total. The highest BCUT2D eigenvalue weighted by Crippen LogP contribution is 2.12. The molecule has 0 atom stereocenters. The molecule has 154 valence electrons.